The Morgan fingerprint density at radius 2 is 2.12 bits per heavy atom. The average molecular weight is 280 g/mol. The summed E-state index contributed by atoms with van der Waals surface area (Å²) >= 11 is 3.53. The third-order valence-electron chi connectivity index (χ3n) is 2.48. The second kappa shape index (κ2) is 4.89. The zero-order chi connectivity index (χ0) is 11.5. The van der Waals surface area contributed by atoms with E-state index in [-0.39, 0.29) is 0 Å². The lowest BCUT2D eigenvalue weighted by Crippen LogP contribution is -2.12. The van der Waals surface area contributed by atoms with Crippen molar-refractivity contribution in [3.63, 3.8) is 0 Å². The van der Waals surface area contributed by atoms with Crippen LogP contribution in [0.2, 0.25) is 0 Å². The minimum absolute atomic E-state index is 0.825. The van der Waals surface area contributed by atoms with Crippen molar-refractivity contribution < 1.29 is 0 Å². The van der Waals surface area contributed by atoms with Crippen LogP contribution in [0.5, 0.6) is 0 Å². The molecule has 16 heavy (non-hydrogen) atoms. The molecule has 0 atom stereocenters. The van der Waals surface area contributed by atoms with Gasteiger partial charge in [-0.05, 0) is 36.0 Å². The van der Waals surface area contributed by atoms with E-state index in [9.17, 15) is 0 Å². The first-order chi connectivity index (χ1) is 7.72. The second-order valence-electron chi connectivity index (χ2n) is 3.71. The first-order valence-electron chi connectivity index (χ1n) is 5.28. The van der Waals surface area contributed by atoms with Gasteiger partial charge in [0.05, 0.1) is 11.2 Å². The molecule has 0 radical (unpaired) electrons. The van der Waals surface area contributed by atoms with Gasteiger partial charge in [0.25, 0.3) is 0 Å². The van der Waals surface area contributed by atoms with Crippen LogP contribution in [0.15, 0.2) is 22.7 Å². The van der Waals surface area contributed by atoms with Gasteiger partial charge in [-0.1, -0.05) is 12.1 Å². The number of rotatable bonds is 3. The number of likely N-dealkylation sites (N-methyl/N-ethyl adjacent to an activating group) is 1. The number of benzene rings is 1. The van der Waals surface area contributed by atoms with Crippen LogP contribution in [0.4, 0.5) is 0 Å². The standard InChI is InChI=1S/C12H14BrN3/c1-8-15-11(6-7-14-2)9-4-3-5-10(13)12(9)16-8/h3-5,14H,6-7H2,1-2H3. The van der Waals surface area contributed by atoms with Crippen molar-refractivity contribution in [3.05, 3.63) is 34.2 Å². The normalized spacial score (nSPS) is 10.9. The number of para-hydroxylation sites is 1. The maximum absolute atomic E-state index is 4.51. The van der Waals surface area contributed by atoms with E-state index in [1.165, 1.54) is 0 Å². The number of fused-ring (bicyclic) bond motifs is 1. The summed E-state index contributed by atoms with van der Waals surface area (Å²) in [7, 11) is 1.95. The molecule has 4 heteroatoms. The highest BCUT2D eigenvalue weighted by Crippen LogP contribution is 2.24. The Labute approximate surface area is 103 Å². The van der Waals surface area contributed by atoms with Gasteiger partial charge in [0, 0.05) is 22.8 Å². The van der Waals surface area contributed by atoms with Gasteiger partial charge in [-0.2, -0.15) is 0 Å². The Hall–Kier alpha value is -1.00. The van der Waals surface area contributed by atoms with E-state index in [4.69, 9.17) is 0 Å². The highest BCUT2D eigenvalue weighted by atomic mass is 79.9. The van der Waals surface area contributed by atoms with Gasteiger partial charge in [-0.15, -0.1) is 0 Å². The Morgan fingerprint density at radius 3 is 2.88 bits per heavy atom. The van der Waals surface area contributed by atoms with Crippen LogP contribution in [0.1, 0.15) is 11.5 Å². The first-order valence-corrected chi connectivity index (χ1v) is 6.08. The van der Waals surface area contributed by atoms with Crippen molar-refractivity contribution in [2.45, 2.75) is 13.3 Å². The molecule has 0 saturated heterocycles. The maximum atomic E-state index is 4.51. The largest absolute Gasteiger partial charge is 0.319 e. The molecule has 1 aromatic carbocycles. The van der Waals surface area contributed by atoms with E-state index in [2.05, 4.69) is 37.3 Å². The lowest BCUT2D eigenvalue weighted by atomic mass is 10.1. The highest BCUT2D eigenvalue weighted by Gasteiger charge is 2.07. The van der Waals surface area contributed by atoms with Gasteiger partial charge in [-0.3, -0.25) is 0 Å². The molecule has 0 saturated carbocycles. The van der Waals surface area contributed by atoms with Crippen molar-refractivity contribution in [1.29, 1.82) is 0 Å². The fourth-order valence-electron chi connectivity index (χ4n) is 1.74. The lowest BCUT2D eigenvalue weighted by Gasteiger charge is -2.07. The van der Waals surface area contributed by atoms with Crippen molar-refractivity contribution in [1.82, 2.24) is 15.3 Å². The molecule has 3 nitrogen and oxygen atoms in total. The van der Waals surface area contributed by atoms with Crippen molar-refractivity contribution >= 4 is 26.8 Å². The molecule has 1 heterocycles. The van der Waals surface area contributed by atoms with Crippen molar-refractivity contribution in [2.24, 2.45) is 0 Å². The van der Waals surface area contributed by atoms with Gasteiger partial charge in [-0.25, -0.2) is 9.97 Å². The summed E-state index contributed by atoms with van der Waals surface area (Å²) < 4.78 is 1.03. The molecule has 1 N–H and O–H groups in total. The Morgan fingerprint density at radius 1 is 1.31 bits per heavy atom. The SMILES string of the molecule is CNCCc1nc(C)nc2c(Br)cccc12. The van der Waals surface area contributed by atoms with E-state index in [0.29, 0.717) is 0 Å². The summed E-state index contributed by atoms with van der Waals surface area (Å²) in [6, 6.07) is 6.11. The zero-order valence-corrected chi connectivity index (χ0v) is 11.0. The van der Waals surface area contributed by atoms with Crippen LogP contribution in [-0.4, -0.2) is 23.6 Å². The molecule has 2 aromatic rings. The molecule has 0 bridgehead atoms. The molecule has 0 unspecified atom stereocenters. The summed E-state index contributed by atoms with van der Waals surface area (Å²) in [5, 5.41) is 4.28. The first kappa shape index (κ1) is 11.5. The van der Waals surface area contributed by atoms with Crippen molar-refractivity contribution in [3.8, 4) is 0 Å². The van der Waals surface area contributed by atoms with Gasteiger partial charge in [0.2, 0.25) is 0 Å². The molecule has 0 spiro atoms. The topological polar surface area (TPSA) is 37.8 Å². The summed E-state index contributed by atoms with van der Waals surface area (Å²) in [6.45, 7) is 2.86. The molecular formula is C12H14BrN3. The van der Waals surface area contributed by atoms with Crippen LogP contribution < -0.4 is 5.32 Å². The maximum Gasteiger partial charge on any atom is 0.126 e. The van der Waals surface area contributed by atoms with Gasteiger partial charge < -0.3 is 5.32 Å². The molecule has 2 rings (SSSR count). The molecular weight excluding hydrogens is 266 g/mol. The summed E-state index contributed by atoms with van der Waals surface area (Å²) in [6.07, 6.45) is 0.923. The lowest BCUT2D eigenvalue weighted by molar-refractivity contribution is 0.775. The second-order valence-corrected chi connectivity index (χ2v) is 4.56. The minimum Gasteiger partial charge on any atom is -0.319 e. The Bertz CT molecular complexity index is 511. The van der Waals surface area contributed by atoms with E-state index in [0.717, 1.165) is 39.9 Å². The summed E-state index contributed by atoms with van der Waals surface area (Å²) in [5.74, 6) is 0.825. The monoisotopic (exact) mass is 279 g/mol. The fourth-order valence-corrected chi connectivity index (χ4v) is 2.19. The smallest absolute Gasteiger partial charge is 0.126 e. The number of aryl methyl sites for hydroxylation is 1. The van der Waals surface area contributed by atoms with E-state index in [1.54, 1.807) is 0 Å². The number of nitrogens with one attached hydrogen (secondary N) is 1. The molecule has 84 valence electrons. The third-order valence-corrected chi connectivity index (χ3v) is 3.12. The third kappa shape index (κ3) is 2.23. The van der Waals surface area contributed by atoms with Crippen LogP contribution in [-0.2, 0) is 6.42 Å². The summed E-state index contributed by atoms with van der Waals surface area (Å²) in [5.41, 5.74) is 2.11. The highest BCUT2D eigenvalue weighted by molar-refractivity contribution is 9.10. The molecule has 0 aliphatic rings. The number of hydrogen-bond acceptors (Lipinski definition) is 3. The summed E-state index contributed by atoms with van der Waals surface area (Å²) in [4.78, 5) is 8.97. The molecule has 0 aliphatic heterocycles. The van der Waals surface area contributed by atoms with E-state index >= 15 is 0 Å². The Kier molecular flexibility index (Phi) is 3.51. The predicted octanol–water partition coefficient (Wildman–Crippen LogP) is 2.46. The van der Waals surface area contributed by atoms with E-state index in [1.807, 2.05) is 26.1 Å². The van der Waals surface area contributed by atoms with E-state index < -0.39 is 0 Å². The van der Waals surface area contributed by atoms with Gasteiger partial charge in [0.15, 0.2) is 0 Å². The fraction of sp³-hybridized carbons (Fsp3) is 0.333. The number of nitrogens with zero attached hydrogens (tertiary/aromatic N) is 2. The van der Waals surface area contributed by atoms with Crippen LogP contribution >= 0.6 is 15.9 Å². The quantitative estimate of drug-likeness (QED) is 0.938. The van der Waals surface area contributed by atoms with Crippen LogP contribution in [0.3, 0.4) is 0 Å². The zero-order valence-electron chi connectivity index (χ0n) is 9.42. The van der Waals surface area contributed by atoms with Gasteiger partial charge in [0.1, 0.15) is 5.82 Å². The predicted molar refractivity (Wildman–Crippen MR) is 69.6 cm³/mol. The number of halogens is 1. The molecule has 0 amide bonds. The molecule has 0 fully saturated rings. The van der Waals surface area contributed by atoms with Crippen LogP contribution in [0.25, 0.3) is 10.9 Å². The number of aromatic nitrogens is 2. The van der Waals surface area contributed by atoms with Crippen molar-refractivity contribution in [2.75, 3.05) is 13.6 Å². The molecule has 0 aliphatic carbocycles. The molecule has 1 aromatic heterocycles. The van der Waals surface area contributed by atoms with Crippen LogP contribution in [0, 0.1) is 6.92 Å². The average Bonchev–Trinajstić information content (AvgIpc) is 2.27. The number of hydrogen-bond donors (Lipinski definition) is 1. The Balaban J connectivity index is 2.59. The van der Waals surface area contributed by atoms with Gasteiger partial charge >= 0.3 is 0 Å². The minimum atomic E-state index is 0.825.